The van der Waals surface area contributed by atoms with Crippen LogP contribution in [0.5, 0.6) is 0 Å². The van der Waals surface area contributed by atoms with Gasteiger partial charge in [-0.05, 0) is 39.8 Å². The van der Waals surface area contributed by atoms with Gasteiger partial charge < -0.3 is 4.74 Å². The van der Waals surface area contributed by atoms with Gasteiger partial charge in [-0.15, -0.1) is 0 Å². The molecule has 0 aromatic rings. The topological polar surface area (TPSA) is 38.7 Å². The maximum Gasteiger partial charge on any atom is 0.434 e. The molecule has 0 aliphatic rings. The fourth-order valence-electron chi connectivity index (χ4n) is 0.712. The lowest BCUT2D eigenvalue weighted by molar-refractivity contribution is 0.0604. The summed E-state index contributed by atoms with van der Waals surface area (Å²) in [5.41, 5.74) is -0.00950. The second-order valence-corrected chi connectivity index (χ2v) is 3.72. The van der Waals surface area contributed by atoms with Crippen LogP contribution in [0, 0.1) is 0 Å². The van der Waals surface area contributed by atoms with Crippen molar-refractivity contribution in [3.8, 4) is 0 Å². The highest BCUT2D eigenvalue weighted by atomic mass is 16.6. The van der Waals surface area contributed by atoms with Crippen LogP contribution in [0.25, 0.3) is 0 Å². The van der Waals surface area contributed by atoms with Gasteiger partial charge in [-0.1, -0.05) is 12.7 Å². The van der Waals surface area contributed by atoms with Crippen molar-refractivity contribution in [1.82, 2.24) is 0 Å². The van der Waals surface area contributed by atoms with Crippen molar-refractivity contribution in [2.75, 3.05) is 0 Å². The van der Waals surface area contributed by atoms with E-state index in [0.29, 0.717) is 5.71 Å². The third-order valence-corrected chi connectivity index (χ3v) is 1.16. The number of nitrogens with zero attached hydrogens (tertiary/aromatic N) is 1. The Bertz CT molecular complexity index is 270. The lowest BCUT2D eigenvalue weighted by atomic mass is 10.2. The highest BCUT2D eigenvalue weighted by Gasteiger charge is 2.15. The van der Waals surface area contributed by atoms with Crippen LogP contribution < -0.4 is 0 Å². The second-order valence-electron chi connectivity index (χ2n) is 3.72. The molecule has 3 heteroatoms. The maximum atomic E-state index is 11.2. The number of rotatable bonds is 2. The summed E-state index contributed by atoms with van der Waals surface area (Å²) >= 11 is 0. The van der Waals surface area contributed by atoms with Crippen LogP contribution in [0.3, 0.4) is 0 Å². The zero-order valence-corrected chi connectivity index (χ0v) is 9.20. The SMILES string of the molecule is C=CC(/C=C\C)=NC(=O)OC(C)(C)C. The van der Waals surface area contributed by atoms with Crippen molar-refractivity contribution < 1.29 is 9.53 Å². The predicted molar refractivity (Wildman–Crippen MR) is 58.7 cm³/mol. The van der Waals surface area contributed by atoms with Crippen molar-refractivity contribution in [2.45, 2.75) is 33.3 Å². The average molecular weight is 195 g/mol. The molecule has 0 heterocycles. The monoisotopic (exact) mass is 195 g/mol. The number of carbonyl (C=O) groups is 1. The first kappa shape index (κ1) is 12.6. The van der Waals surface area contributed by atoms with Crippen molar-refractivity contribution >= 4 is 11.8 Å². The van der Waals surface area contributed by atoms with Gasteiger partial charge in [0.25, 0.3) is 0 Å². The van der Waals surface area contributed by atoms with Gasteiger partial charge in [-0.3, -0.25) is 0 Å². The molecule has 0 aliphatic carbocycles. The van der Waals surface area contributed by atoms with Gasteiger partial charge >= 0.3 is 6.09 Å². The molecular formula is C11H17NO2. The number of hydrogen-bond acceptors (Lipinski definition) is 2. The Labute approximate surface area is 85.2 Å². The van der Waals surface area contributed by atoms with Crippen LogP contribution in [0.1, 0.15) is 27.7 Å². The van der Waals surface area contributed by atoms with Crippen LogP contribution in [0.15, 0.2) is 29.8 Å². The van der Waals surface area contributed by atoms with E-state index >= 15 is 0 Å². The van der Waals surface area contributed by atoms with E-state index in [9.17, 15) is 4.79 Å². The molecule has 0 atom stereocenters. The molecule has 0 bridgehead atoms. The zero-order valence-electron chi connectivity index (χ0n) is 9.20. The predicted octanol–water partition coefficient (Wildman–Crippen LogP) is 3.12. The molecule has 0 spiro atoms. The molecule has 0 aromatic carbocycles. The van der Waals surface area contributed by atoms with Crippen LogP contribution in [-0.4, -0.2) is 17.4 Å². The molecule has 0 N–H and O–H groups in total. The molecule has 0 fully saturated rings. The summed E-state index contributed by atoms with van der Waals surface area (Å²) < 4.78 is 5.01. The third-order valence-electron chi connectivity index (χ3n) is 1.16. The van der Waals surface area contributed by atoms with Crippen LogP contribution in [0.2, 0.25) is 0 Å². The fourth-order valence-corrected chi connectivity index (χ4v) is 0.712. The second kappa shape index (κ2) is 5.37. The van der Waals surface area contributed by atoms with E-state index in [1.165, 1.54) is 6.08 Å². The third kappa shape index (κ3) is 6.17. The molecule has 0 saturated heterocycles. The number of ether oxygens (including phenoxy) is 1. The highest BCUT2D eigenvalue weighted by Crippen LogP contribution is 2.08. The van der Waals surface area contributed by atoms with Gasteiger partial charge in [0.05, 0.1) is 5.71 Å². The minimum absolute atomic E-state index is 0.502. The standard InChI is InChI=1S/C11H17NO2/c1-6-8-9(7-2)12-10(13)14-11(3,4)5/h6-8H,2H2,1,3-5H3/b8-6-,12-9?. The molecule has 0 rings (SSSR count). The molecule has 1 amide bonds. The quantitative estimate of drug-likeness (QED) is 0.635. The van der Waals surface area contributed by atoms with E-state index < -0.39 is 11.7 Å². The smallest absolute Gasteiger partial charge is 0.434 e. The first-order valence-electron chi connectivity index (χ1n) is 4.46. The normalized spacial score (nSPS) is 13.0. The summed E-state index contributed by atoms with van der Waals surface area (Å²) in [7, 11) is 0. The number of allylic oxidation sites excluding steroid dienone is 3. The van der Waals surface area contributed by atoms with Gasteiger partial charge in [0.15, 0.2) is 0 Å². The van der Waals surface area contributed by atoms with E-state index in [0.717, 1.165) is 0 Å². The Morgan fingerprint density at radius 3 is 2.36 bits per heavy atom. The Kier molecular flexibility index (Phi) is 4.84. The van der Waals surface area contributed by atoms with Gasteiger partial charge in [0.1, 0.15) is 5.60 Å². The Balaban J connectivity index is 4.48. The van der Waals surface area contributed by atoms with Gasteiger partial charge in [0, 0.05) is 0 Å². The molecule has 3 nitrogen and oxygen atoms in total. The summed E-state index contributed by atoms with van der Waals surface area (Å²) in [6.07, 6.45) is 4.39. The number of hydrogen-bond donors (Lipinski definition) is 0. The average Bonchev–Trinajstić information content (AvgIpc) is 2.00. The van der Waals surface area contributed by atoms with E-state index in [-0.39, 0.29) is 0 Å². The van der Waals surface area contributed by atoms with Crippen molar-refractivity contribution in [3.05, 3.63) is 24.8 Å². The Morgan fingerprint density at radius 1 is 1.43 bits per heavy atom. The maximum absolute atomic E-state index is 11.2. The minimum Gasteiger partial charge on any atom is -0.442 e. The lowest BCUT2D eigenvalue weighted by Gasteiger charge is -2.17. The van der Waals surface area contributed by atoms with E-state index in [1.807, 2.05) is 6.92 Å². The zero-order chi connectivity index (χ0) is 11.2. The summed E-state index contributed by atoms with van der Waals surface area (Å²) in [6, 6.07) is 0. The Morgan fingerprint density at radius 2 is 2.00 bits per heavy atom. The summed E-state index contributed by atoms with van der Waals surface area (Å²) in [5, 5.41) is 0. The summed E-state index contributed by atoms with van der Waals surface area (Å²) in [6.45, 7) is 10.8. The van der Waals surface area contributed by atoms with Gasteiger partial charge in [-0.2, -0.15) is 4.99 Å². The summed E-state index contributed by atoms with van der Waals surface area (Å²) in [5.74, 6) is 0. The van der Waals surface area contributed by atoms with Crippen LogP contribution >= 0.6 is 0 Å². The number of carbonyl (C=O) groups excluding carboxylic acids is 1. The lowest BCUT2D eigenvalue weighted by Crippen LogP contribution is -2.22. The molecule has 0 radical (unpaired) electrons. The van der Waals surface area contributed by atoms with Gasteiger partial charge in [0.2, 0.25) is 0 Å². The molecular weight excluding hydrogens is 178 g/mol. The number of amides is 1. The van der Waals surface area contributed by atoms with Crippen molar-refractivity contribution in [3.63, 3.8) is 0 Å². The van der Waals surface area contributed by atoms with Crippen LogP contribution in [0.4, 0.5) is 4.79 Å². The minimum atomic E-state index is -0.592. The fraction of sp³-hybridized carbons (Fsp3) is 0.455. The largest absolute Gasteiger partial charge is 0.442 e. The van der Waals surface area contributed by atoms with E-state index in [2.05, 4.69) is 11.6 Å². The molecule has 0 aliphatic heterocycles. The molecule has 78 valence electrons. The molecule has 0 saturated carbocycles. The first-order chi connectivity index (χ1) is 6.39. The van der Waals surface area contributed by atoms with Gasteiger partial charge in [-0.25, -0.2) is 4.79 Å². The van der Waals surface area contributed by atoms with Crippen molar-refractivity contribution in [2.24, 2.45) is 4.99 Å². The first-order valence-corrected chi connectivity index (χ1v) is 4.46. The van der Waals surface area contributed by atoms with E-state index in [1.54, 1.807) is 32.9 Å². The van der Waals surface area contributed by atoms with E-state index in [4.69, 9.17) is 4.74 Å². The Hall–Kier alpha value is -1.38. The number of aliphatic imine (C=N–C) groups is 1. The summed E-state index contributed by atoms with van der Waals surface area (Å²) in [4.78, 5) is 14.9. The molecule has 0 aromatic heterocycles. The highest BCUT2D eigenvalue weighted by molar-refractivity contribution is 6.08. The molecule has 14 heavy (non-hydrogen) atoms. The molecule has 0 unspecified atom stereocenters. The van der Waals surface area contributed by atoms with Crippen LogP contribution in [-0.2, 0) is 4.74 Å². The van der Waals surface area contributed by atoms with Crippen molar-refractivity contribution in [1.29, 1.82) is 0 Å².